The lowest BCUT2D eigenvalue weighted by atomic mass is 10.1. The zero-order valence-corrected chi connectivity index (χ0v) is 15.7. The van der Waals surface area contributed by atoms with Crippen LogP contribution in [0.4, 0.5) is 4.39 Å². The summed E-state index contributed by atoms with van der Waals surface area (Å²) in [5.74, 6) is -0.324. The smallest absolute Gasteiger partial charge is 0.256 e. The molecule has 1 heterocycles. The molecule has 0 radical (unpaired) electrons. The Labute approximate surface area is 164 Å². The first-order valence-corrected chi connectivity index (χ1v) is 8.78. The fourth-order valence-electron chi connectivity index (χ4n) is 2.50. The van der Waals surface area contributed by atoms with Gasteiger partial charge in [0.2, 0.25) is 0 Å². The molecule has 134 valence electrons. The van der Waals surface area contributed by atoms with E-state index in [9.17, 15) is 9.18 Å². The van der Waals surface area contributed by atoms with Crippen molar-refractivity contribution >= 4 is 40.7 Å². The number of carbonyl (C=O) groups excluding carboxylic acids is 1. The van der Waals surface area contributed by atoms with Crippen LogP contribution in [0.15, 0.2) is 59.2 Å². The molecule has 0 saturated heterocycles. The number of carbonyl (C=O) groups is 1. The summed E-state index contributed by atoms with van der Waals surface area (Å²) in [6.45, 7) is 0.0967. The van der Waals surface area contributed by atoms with Gasteiger partial charge < -0.3 is 9.32 Å². The zero-order valence-electron chi connectivity index (χ0n) is 13.4. The second kappa shape index (κ2) is 8.12. The van der Waals surface area contributed by atoms with Crippen molar-refractivity contribution in [3.05, 3.63) is 92.6 Å². The monoisotopic (exact) mass is 411 g/mol. The summed E-state index contributed by atoms with van der Waals surface area (Å²) in [5, 5.41) is 0.873. The van der Waals surface area contributed by atoms with E-state index >= 15 is 0 Å². The SMILES string of the molecule is O=C(c1ccc(Cl)cc1Cl)N(Cc1ccco1)Cc1c(F)cccc1Cl. The lowest BCUT2D eigenvalue weighted by Crippen LogP contribution is -2.30. The number of rotatable bonds is 5. The molecule has 0 aliphatic rings. The van der Waals surface area contributed by atoms with Crippen LogP contribution in [0.3, 0.4) is 0 Å². The van der Waals surface area contributed by atoms with E-state index in [4.69, 9.17) is 39.2 Å². The summed E-state index contributed by atoms with van der Waals surface area (Å²) in [6, 6.07) is 12.4. The summed E-state index contributed by atoms with van der Waals surface area (Å²) in [7, 11) is 0. The first-order valence-electron chi connectivity index (χ1n) is 7.65. The van der Waals surface area contributed by atoms with E-state index in [1.54, 1.807) is 24.3 Å². The van der Waals surface area contributed by atoms with Gasteiger partial charge in [0.1, 0.15) is 11.6 Å². The highest BCUT2D eigenvalue weighted by Gasteiger charge is 2.22. The van der Waals surface area contributed by atoms with Crippen LogP contribution in [-0.2, 0) is 13.1 Å². The molecular weight excluding hydrogens is 400 g/mol. The third-order valence-electron chi connectivity index (χ3n) is 3.79. The predicted molar refractivity (Wildman–Crippen MR) is 100 cm³/mol. The number of benzene rings is 2. The molecule has 0 bridgehead atoms. The number of amides is 1. The Morgan fingerprint density at radius 3 is 2.46 bits per heavy atom. The van der Waals surface area contributed by atoms with Crippen molar-refractivity contribution in [3.63, 3.8) is 0 Å². The standard InChI is InChI=1S/C19H13Cl3FNO2/c20-12-6-7-14(17(22)9-12)19(25)24(10-13-3-2-8-26-13)11-15-16(21)4-1-5-18(15)23/h1-9H,10-11H2. The summed E-state index contributed by atoms with van der Waals surface area (Å²) >= 11 is 18.2. The van der Waals surface area contributed by atoms with E-state index in [0.29, 0.717) is 10.8 Å². The predicted octanol–water partition coefficient (Wildman–Crippen LogP) is 6.22. The number of halogens is 4. The van der Waals surface area contributed by atoms with Gasteiger partial charge in [0.15, 0.2) is 0 Å². The minimum atomic E-state index is -0.489. The van der Waals surface area contributed by atoms with Gasteiger partial charge in [0, 0.05) is 15.6 Å². The second-order valence-electron chi connectivity index (χ2n) is 5.56. The van der Waals surface area contributed by atoms with Gasteiger partial charge in [0.05, 0.1) is 29.9 Å². The van der Waals surface area contributed by atoms with E-state index in [1.165, 1.54) is 35.4 Å². The molecule has 0 aliphatic heterocycles. The van der Waals surface area contributed by atoms with Crippen LogP contribution in [0.2, 0.25) is 15.1 Å². The first-order chi connectivity index (χ1) is 12.5. The molecule has 1 amide bonds. The second-order valence-corrected chi connectivity index (χ2v) is 6.82. The zero-order chi connectivity index (χ0) is 18.7. The van der Waals surface area contributed by atoms with Crippen LogP contribution < -0.4 is 0 Å². The Hall–Kier alpha value is -2.01. The Kier molecular flexibility index (Phi) is 5.87. The van der Waals surface area contributed by atoms with E-state index < -0.39 is 5.82 Å². The van der Waals surface area contributed by atoms with Gasteiger partial charge in [-0.3, -0.25) is 4.79 Å². The molecule has 0 spiro atoms. The molecule has 3 rings (SSSR count). The highest BCUT2D eigenvalue weighted by molar-refractivity contribution is 6.36. The third kappa shape index (κ3) is 4.21. The Bertz CT molecular complexity index is 908. The third-order valence-corrected chi connectivity index (χ3v) is 4.69. The fourth-order valence-corrected chi connectivity index (χ4v) is 3.21. The lowest BCUT2D eigenvalue weighted by Gasteiger charge is -2.23. The quantitative estimate of drug-likeness (QED) is 0.498. The fraction of sp³-hybridized carbons (Fsp3) is 0.105. The van der Waals surface area contributed by atoms with Crippen molar-refractivity contribution in [1.29, 1.82) is 0 Å². The highest BCUT2D eigenvalue weighted by atomic mass is 35.5. The molecule has 1 aromatic heterocycles. The normalized spacial score (nSPS) is 10.8. The van der Waals surface area contributed by atoms with Crippen molar-refractivity contribution in [2.75, 3.05) is 0 Å². The van der Waals surface area contributed by atoms with Gasteiger partial charge in [0.25, 0.3) is 5.91 Å². The number of hydrogen-bond acceptors (Lipinski definition) is 2. The molecule has 0 N–H and O–H groups in total. The first kappa shape index (κ1) is 18.8. The maximum atomic E-state index is 14.2. The molecule has 2 aromatic carbocycles. The summed E-state index contributed by atoms with van der Waals surface area (Å²) in [5.41, 5.74) is 0.481. The van der Waals surface area contributed by atoms with Gasteiger partial charge in [-0.1, -0.05) is 40.9 Å². The van der Waals surface area contributed by atoms with E-state index in [0.717, 1.165) is 0 Å². The van der Waals surface area contributed by atoms with Crippen LogP contribution in [0, 0.1) is 5.82 Å². The van der Waals surface area contributed by atoms with E-state index in [1.807, 2.05) is 0 Å². The van der Waals surface area contributed by atoms with Crippen molar-refractivity contribution in [3.8, 4) is 0 Å². The average Bonchev–Trinajstić information content (AvgIpc) is 3.10. The molecule has 0 atom stereocenters. The lowest BCUT2D eigenvalue weighted by molar-refractivity contribution is 0.0716. The Balaban J connectivity index is 1.96. The molecule has 0 aliphatic carbocycles. The van der Waals surface area contributed by atoms with Crippen LogP contribution in [-0.4, -0.2) is 10.8 Å². The van der Waals surface area contributed by atoms with Crippen LogP contribution in [0.1, 0.15) is 21.7 Å². The summed E-state index contributed by atoms with van der Waals surface area (Å²) < 4.78 is 19.5. The maximum Gasteiger partial charge on any atom is 0.256 e. The van der Waals surface area contributed by atoms with Gasteiger partial charge in [-0.2, -0.15) is 0 Å². The maximum absolute atomic E-state index is 14.2. The molecule has 3 aromatic rings. The van der Waals surface area contributed by atoms with Crippen molar-refractivity contribution in [2.45, 2.75) is 13.1 Å². The van der Waals surface area contributed by atoms with Gasteiger partial charge >= 0.3 is 0 Å². The van der Waals surface area contributed by atoms with Crippen molar-refractivity contribution in [2.24, 2.45) is 0 Å². The van der Waals surface area contributed by atoms with Crippen LogP contribution in [0.5, 0.6) is 0 Å². The number of furan rings is 1. The summed E-state index contributed by atoms with van der Waals surface area (Å²) in [4.78, 5) is 14.4. The molecule has 0 fully saturated rings. The van der Waals surface area contributed by atoms with E-state index in [-0.39, 0.29) is 40.2 Å². The molecule has 0 unspecified atom stereocenters. The largest absolute Gasteiger partial charge is 0.467 e. The van der Waals surface area contributed by atoms with Crippen LogP contribution in [0.25, 0.3) is 0 Å². The van der Waals surface area contributed by atoms with Gasteiger partial charge in [-0.05, 0) is 42.5 Å². The minimum absolute atomic E-state index is 0.0377. The molecule has 26 heavy (non-hydrogen) atoms. The van der Waals surface area contributed by atoms with Gasteiger partial charge in [-0.25, -0.2) is 4.39 Å². The summed E-state index contributed by atoms with van der Waals surface area (Å²) in [6.07, 6.45) is 1.50. The Morgan fingerprint density at radius 1 is 1.00 bits per heavy atom. The highest BCUT2D eigenvalue weighted by Crippen LogP contribution is 2.26. The van der Waals surface area contributed by atoms with Crippen LogP contribution >= 0.6 is 34.8 Å². The topological polar surface area (TPSA) is 33.5 Å². The molecule has 3 nitrogen and oxygen atoms in total. The van der Waals surface area contributed by atoms with Crippen molar-refractivity contribution < 1.29 is 13.6 Å². The van der Waals surface area contributed by atoms with Crippen molar-refractivity contribution in [1.82, 2.24) is 4.90 Å². The van der Waals surface area contributed by atoms with E-state index in [2.05, 4.69) is 0 Å². The number of hydrogen-bond donors (Lipinski definition) is 0. The molecule has 7 heteroatoms. The van der Waals surface area contributed by atoms with Gasteiger partial charge in [-0.15, -0.1) is 0 Å². The number of nitrogens with zero attached hydrogens (tertiary/aromatic N) is 1. The average molecular weight is 413 g/mol. The Morgan fingerprint density at radius 2 is 1.81 bits per heavy atom. The molecule has 0 saturated carbocycles. The molecular formula is C19H13Cl3FNO2. The minimum Gasteiger partial charge on any atom is -0.467 e.